The first-order chi connectivity index (χ1) is 11.8. The van der Waals surface area contributed by atoms with Crippen LogP contribution < -0.4 is 0 Å². The van der Waals surface area contributed by atoms with E-state index in [0.29, 0.717) is 5.91 Å². The van der Waals surface area contributed by atoms with E-state index in [0.717, 1.165) is 25.9 Å². The quantitative estimate of drug-likeness (QED) is 0.265. The second-order valence-electron chi connectivity index (χ2n) is 7.10. The molecular formula is C22H39NO. The van der Waals surface area contributed by atoms with Gasteiger partial charge in [-0.25, -0.2) is 0 Å². The molecule has 0 unspecified atom stereocenters. The van der Waals surface area contributed by atoms with Crippen LogP contribution in [0.2, 0.25) is 0 Å². The van der Waals surface area contributed by atoms with E-state index in [4.69, 9.17) is 0 Å². The smallest absolute Gasteiger partial charge is 0.222 e. The van der Waals surface area contributed by atoms with E-state index in [2.05, 4.69) is 31.2 Å². The van der Waals surface area contributed by atoms with Crippen LogP contribution in [0, 0.1) is 0 Å². The molecule has 1 aliphatic rings. The number of hydrogen-bond acceptors (Lipinski definition) is 1. The van der Waals surface area contributed by atoms with Gasteiger partial charge in [-0.3, -0.25) is 4.79 Å². The number of allylic oxidation sites excluding steroid dienone is 4. The highest BCUT2D eigenvalue weighted by molar-refractivity contribution is 5.76. The van der Waals surface area contributed by atoms with Gasteiger partial charge < -0.3 is 4.90 Å². The van der Waals surface area contributed by atoms with Crippen molar-refractivity contribution < 1.29 is 4.79 Å². The van der Waals surface area contributed by atoms with Gasteiger partial charge in [-0.1, -0.05) is 69.8 Å². The molecule has 138 valence electrons. The summed E-state index contributed by atoms with van der Waals surface area (Å²) in [5.74, 6) is 0.382. The summed E-state index contributed by atoms with van der Waals surface area (Å²) in [5.41, 5.74) is 0. The van der Waals surface area contributed by atoms with E-state index >= 15 is 0 Å². The van der Waals surface area contributed by atoms with Gasteiger partial charge in [0.05, 0.1) is 0 Å². The third-order valence-corrected chi connectivity index (χ3v) is 4.83. The molecule has 0 bridgehead atoms. The molecule has 1 saturated heterocycles. The highest BCUT2D eigenvalue weighted by atomic mass is 16.2. The summed E-state index contributed by atoms with van der Waals surface area (Å²) in [6.07, 6.45) is 26.1. The molecule has 1 amide bonds. The van der Waals surface area contributed by atoms with E-state index in [1.54, 1.807) is 0 Å². The van der Waals surface area contributed by atoms with E-state index in [9.17, 15) is 4.79 Å². The van der Waals surface area contributed by atoms with Crippen molar-refractivity contribution in [2.45, 2.75) is 96.8 Å². The lowest BCUT2D eigenvalue weighted by Gasteiger charge is -2.14. The van der Waals surface area contributed by atoms with E-state index < -0.39 is 0 Å². The Morgan fingerprint density at radius 1 is 0.792 bits per heavy atom. The van der Waals surface area contributed by atoms with Crippen LogP contribution in [0.5, 0.6) is 0 Å². The lowest BCUT2D eigenvalue weighted by atomic mass is 10.1. The minimum atomic E-state index is 0.382. The van der Waals surface area contributed by atoms with Gasteiger partial charge in [-0.05, 0) is 44.9 Å². The molecule has 0 atom stereocenters. The lowest BCUT2D eigenvalue weighted by molar-refractivity contribution is -0.130. The molecular weight excluding hydrogens is 294 g/mol. The van der Waals surface area contributed by atoms with Crippen molar-refractivity contribution in [2.24, 2.45) is 0 Å². The molecule has 1 fully saturated rings. The average Bonchev–Trinajstić information content (AvgIpc) is 3.13. The maximum Gasteiger partial charge on any atom is 0.222 e. The molecule has 2 heteroatoms. The molecule has 0 aliphatic carbocycles. The number of likely N-dealkylation sites (tertiary alicyclic amines) is 1. The second-order valence-corrected chi connectivity index (χ2v) is 7.10. The van der Waals surface area contributed by atoms with Crippen molar-refractivity contribution in [3.8, 4) is 0 Å². The molecule has 0 saturated carbocycles. The van der Waals surface area contributed by atoms with Gasteiger partial charge in [-0.2, -0.15) is 0 Å². The predicted molar refractivity (Wildman–Crippen MR) is 105 cm³/mol. The zero-order valence-corrected chi connectivity index (χ0v) is 16.0. The largest absolute Gasteiger partial charge is 0.343 e. The Morgan fingerprint density at radius 3 is 1.92 bits per heavy atom. The van der Waals surface area contributed by atoms with Crippen LogP contribution in [0.15, 0.2) is 24.3 Å². The number of unbranched alkanes of at least 4 members (excludes halogenated alkanes) is 9. The third-order valence-electron chi connectivity index (χ3n) is 4.83. The van der Waals surface area contributed by atoms with E-state index in [1.165, 1.54) is 77.0 Å². The maximum atomic E-state index is 11.9. The van der Waals surface area contributed by atoms with Gasteiger partial charge in [0.2, 0.25) is 5.91 Å². The van der Waals surface area contributed by atoms with Crippen molar-refractivity contribution in [2.75, 3.05) is 13.1 Å². The molecule has 1 rings (SSSR count). The van der Waals surface area contributed by atoms with Gasteiger partial charge >= 0.3 is 0 Å². The number of rotatable bonds is 14. The number of carbonyl (C=O) groups is 1. The Morgan fingerprint density at radius 2 is 1.33 bits per heavy atom. The molecule has 0 aromatic carbocycles. The molecule has 1 aliphatic heterocycles. The summed E-state index contributed by atoms with van der Waals surface area (Å²) in [6.45, 7) is 4.25. The normalized spacial score (nSPS) is 15.1. The van der Waals surface area contributed by atoms with E-state index in [1.807, 2.05) is 4.90 Å². The zero-order valence-electron chi connectivity index (χ0n) is 16.0. The molecule has 1 heterocycles. The van der Waals surface area contributed by atoms with Crippen LogP contribution in [0.25, 0.3) is 0 Å². The lowest BCUT2D eigenvalue weighted by Crippen LogP contribution is -2.27. The van der Waals surface area contributed by atoms with Crippen LogP contribution in [0.1, 0.15) is 96.8 Å². The summed E-state index contributed by atoms with van der Waals surface area (Å²) >= 11 is 0. The first-order valence-corrected chi connectivity index (χ1v) is 10.4. The minimum Gasteiger partial charge on any atom is -0.343 e. The van der Waals surface area contributed by atoms with Gasteiger partial charge in [0.15, 0.2) is 0 Å². The van der Waals surface area contributed by atoms with Gasteiger partial charge in [0.1, 0.15) is 0 Å². The van der Waals surface area contributed by atoms with Crippen LogP contribution in [0.4, 0.5) is 0 Å². The highest BCUT2D eigenvalue weighted by Crippen LogP contribution is 2.12. The zero-order chi connectivity index (χ0) is 17.3. The van der Waals surface area contributed by atoms with Crippen LogP contribution in [0.3, 0.4) is 0 Å². The Labute approximate surface area is 150 Å². The Balaban J connectivity index is 1.83. The Kier molecular flexibility index (Phi) is 13.5. The monoisotopic (exact) mass is 333 g/mol. The molecule has 0 radical (unpaired) electrons. The third kappa shape index (κ3) is 11.5. The van der Waals surface area contributed by atoms with Crippen LogP contribution >= 0.6 is 0 Å². The predicted octanol–water partition coefficient (Wildman–Crippen LogP) is 6.42. The topological polar surface area (TPSA) is 20.3 Å². The molecule has 0 aromatic heterocycles. The molecule has 0 spiro atoms. The van der Waals surface area contributed by atoms with Crippen molar-refractivity contribution >= 4 is 5.91 Å². The van der Waals surface area contributed by atoms with Crippen LogP contribution in [-0.2, 0) is 4.79 Å². The fraction of sp³-hybridized carbons (Fsp3) is 0.773. The molecule has 0 N–H and O–H groups in total. The first-order valence-electron chi connectivity index (χ1n) is 10.4. The number of carbonyl (C=O) groups excluding carboxylic acids is 1. The maximum absolute atomic E-state index is 11.9. The number of amides is 1. The van der Waals surface area contributed by atoms with Crippen molar-refractivity contribution in [3.05, 3.63) is 24.3 Å². The summed E-state index contributed by atoms with van der Waals surface area (Å²) in [6, 6.07) is 0. The summed E-state index contributed by atoms with van der Waals surface area (Å²) in [5, 5.41) is 0. The molecule has 24 heavy (non-hydrogen) atoms. The molecule has 2 nitrogen and oxygen atoms in total. The van der Waals surface area contributed by atoms with Crippen molar-refractivity contribution in [1.29, 1.82) is 0 Å². The SMILES string of the molecule is CCCCCCCC=CC=CCCCCCCC(=O)N1CCCC1. The second kappa shape index (κ2) is 15.5. The van der Waals surface area contributed by atoms with E-state index in [-0.39, 0.29) is 0 Å². The summed E-state index contributed by atoms with van der Waals surface area (Å²) in [4.78, 5) is 13.9. The Hall–Kier alpha value is -1.05. The number of nitrogens with zero attached hydrogens (tertiary/aromatic N) is 1. The average molecular weight is 334 g/mol. The first kappa shape index (κ1) is 21.0. The summed E-state index contributed by atoms with van der Waals surface area (Å²) in [7, 11) is 0. The van der Waals surface area contributed by atoms with Crippen molar-refractivity contribution in [3.63, 3.8) is 0 Å². The highest BCUT2D eigenvalue weighted by Gasteiger charge is 2.16. The van der Waals surface area contributed by atoms with Gasteiger partial charge in [-0.15, -0.1) is 0 Å². The van der Waals surface area contributed by atoms with Gasteiger partial charge in [0, 0.05) is 19.5 Å². The number of hydrogen-bond donors (Lipinski definition) is 0. The molecule has 0 aromatic rings. The van der Waals surface area contributed by atoms with Gasteiger partial charge in [0.25, 0.3) is 0 Å². The fourth-order valence-electron chi connectivity index (χ4n) is 3.23. The van der Waals surface area contributed by atoms with Crippen molar-refractivity contribution in [1.82, 2.24) is 4.90 Å². The summed E-state index contributed by atoms with van der Waals surface area (Å²) < 4.78 is 0. The minimum absolute atomic E-state index is 0.382. The van der Waals surface area contributed by atoms with Crippen LogP contribution in [-0.4, -0.2) is 23.9 Å². The standard InChI is InChI=1S/C22H39NO/c1-2-3-4-5-6-7-8-9-10-11-12-13-14-15-16-19-22(24)23-20-17-18-21-23/h8-11H,2-7,12-21H2,1H3. The Bertz CT molecular complexity index is 353. The fourth-order valence-corrected chi connectivity index (χ4v) is 3.23.